The van der Waals surface area contributed by atoms with Crippen LogP contribution in [0.1, 0.15) is 24.2 Å². The Bertz CT molecular complexity index is 487. The standard InChI is InChI=1S/C14H21N3O3/c1-9(2)7-17-12(18)8-16-11-6-4-5-10(13(11)15)14(19)20-3/h4-6,9,16H,7-8,15H2,1-3H3,(H,17,18). The Kier molecular flexibility index (Phi) is 5.83. The molecule has 0 heterocycles. The van der Waals surface area contributed by atoms with Gasteiger partial charge in [-0.15, -0.1) is 0 Å². The summed E-state index contributed by atoms with van der Waals surface area (Å²) in [5.41, 5.74) is 6.96. The van der Waals surface area contributed by atoms with Crippen molar-refractivity contribution in [2.75, 3.05) is 31.2 Å². The first kappa shape index (κ1) is 15.8. The number of anilines is 2. The van der Waals surface area contributed by atoms with Crippen molar-refractivity contribution in [3.8, 4) is 0 Å². The number of para-hydroxylation sites is 1. The molecule has 1 rings (SSSR count). The predicted octanol–water partition coefficient (Wildman–Crippen LogP) is 1.24. The Hall–Kier alpha value is -2.24. The third kappa shape index (κ3) is 4.46. The molecule has 0 saturated heterocycles. The summed E-state index contributed by atoms with van der Waals surface area (Å²) in [4.78, 5) is 23.1. The molecule has 0 unspecified atom stereocenters. The molecule has 20 heavy (non-hydrogen) atoms. The van der Waals surface area contributed by atoms with Gasteiger partial charge in [-0.05, 0) is 18.1 Å². The Morgan fingerprint density at radius 3 is 2.65 bits per heavy atom. The van der Waals surface area contributed by atoms with Gasteiger partial charge in [0.2, 0.25) is 5.91 Å². The second-order valence-corrected chi connectivity index (χ2v) is 4.81. The van der Waals surface area contributed by atoms with Crippen molar-refractivity contribution in [3.63, 3.8) is 0 Å². The number of hydrogen-bond donors (Lipinski definition) is 3. The van der Waals surface area contributed by atoms with Gasteiger partial charge >= 0.3 is 5.97 Å². The van der Waals surface area contributed by atoms with Gasteiger partial charge in [0, 0.05) is 6.54 Å². The molecule has 0 radical (unpaired) electrons. The van der Waals surface area contributed by atoms with E-state index in [1.54, 1.807) is 18.2 Å². The van der Waals surface area contributed by atoms with Crippen LogP contribution in [0.25, 0.3) is 0 Å². The number of benzene rings is 1. The van der Waals surface area contributed by atoms with Crippen LogP contribution in [-0.4, -0.2) is 32.1 Å². The van der Waals surface area contributed by atoms with Crippen LogP contribution in [0, 0.1) is 5.92 Å². The molecule has 0 bridgehead atoms. The summed E-state index contributed by atoms with van der Waals surface area (Å²) in [6, 6.07) is 4.96. The summed E-state index contributed by atoms with van der Waals surface area (Å²) in [6.45, 7) is 4.76. The first-order chi connectivity index (χ1) is 9.45. The van der Waals surface area contributed by atoms with Crippen molar-refractivity contribution in [2.24, 2.45) is 5.92 Å². The SMILES string of the molecule is COC(=O)c1cccc(NCC(=O)NCC(C)C)c1N. The highest BCUT2D eigenvalue weighted by Crippen LogP contribution is 2.23. The largest absolute Gasteiger partial charge is 0.465 e. The third-order valence-electron chi connectivity index (χ3n) is 2.66. The van der Waals surface area contributed by atoms with Gasteiger partial charge in [0.25, 0.3) is 0 Å². The summed E-state index contributed by atoms with van der Waals surface area (Å²) in [7, 11) is 1.29. The number of amides is 1. The van der Waals surface area contributed by atoms with E-state index in [9.17, 15) is 9.59 Å². The number of ether oxygens (including phenoxy) is 1. The minimum atomic E-state index is -0.504. The Balaban J connectivity index is 2.65. The number of rotatable bonds is 6. The summed E-state index contributed by atoms with van der Waals surface area (Å²) in [6.07, 6.45) is 0. The maximum absolute atomic E-state index is 11.6. The topological polar surface area (TPSA) is 93.4 Å². The normalized spacial score (nSPS) is 10.2. The van der Waals surface area contributed by atoms with E-state index in [0.717, 1.165) is 0 Å². The van der Waals surface area contributed by atoms with Crippen LogP contribution in [0.5, 0.6) is 0 Å². The second kappa shape index (κ2) is 7.37. The first-order valence-electron chi connectivity index (χ1n) is 6.43. The molecular weight excluding hydrogens is 258 g/mol. The lowest BCUT2D eigenvalue weighted by molar-refractivity contribution is -0.119. The van der Waals surface area contributed by atoms with Crippen LogP contribution in [0.15, 0.2) is 18.2 Å². The smallest absolute Gasteiger partial charge is 0.340 e. The lowest BCUT2D eigenvalue weighted by atomic mass is 10.1. The molecule has 110 valence electrons. The Morgan fingerprint density at radius 1 is 1.35 bits per heavy atom. The molecule has 0 aromatic heterocycles. The van der Waals surface area contributed by atoms with Gasteiger partial charge in [-0.3, -0.25) is 4.79 Å². The van der Waals surface area contributed by atoms with Gasteiger partial charge < -0.3 is 21.1 Å². The van der Waals surface area contributed by atoms with Crippen LogP contribution in [0.3, 0.4) is 0 Å². The minimum absolute atomic E-state index is 0.0988. The molecule has 1 aromatic carbocycles. The maximum atomic E-state index is 11.6. The van der Waals surface area contributed by atoms with Gasteiger partial charge in [0.1, 0.15) is 0 Å². The maximum Gasteiger partial charge on any atom is 0.340 e. The molecule has 0 aliphatic rings. The van der Waals surface area contributed by atoms with Gasteiger partial charge in [-0.2, -0.15) is 0 Å². The van der Waals surface area contributed by atoms with Crippen molar-refractivity contribution in [3.05, 3.63) is 23.8 Å². The first-order valence-corrected chi connectivity index (χ1v) is 6.43. The fraction of sp³-hybridized carbons (Fsp3) is 0.429. The monoisotopic (exact) mass is 279 g/mol. The summed E-state index contributed by atoms with van der Waals surface area (Å²) >= 11 is 0. The lowest BCUT2D eigenvalue weighted by Crippen LogP contribution is -2.32. The molecule has 0 atom stereocenters. The van der Waals surface area contributed by atoms with Gasteiger partial charge in [-0.1, -0.05) is 19.9 Å². The second-order valence-electron chi connectivity index (χ2n) is 4.81. The molecule has 1 amide bonds. The van der Waals surface area contributed by atoms with Crippen LogP contribution in [0.2, 0.25) is 0 Å². The molecule has 4 N–H and O–H groups in total. The molecule has 1 aromatic rings. The average molecular weight is 279 g/mol. The molecule has 0 spiro atoms. The van der Waals surface area contributed by atoms with Gasteiger partial charge in [0.15, 0.2) is 0 Å². The van der Waals surface area contributed by atoms with E-state index >= 15 is 0 Å². The van der Waals surface area contributed by atoms with E-state index in [2.05, 4.69) is 15.4 Å². The third-order valence-corrected chi connectivity index (χ3v) is 2.66. The van der Waals surface area contributed by atoms with E-state index < -0.39 is 5.97 Å². The number of esters is 1. The van der Waals surface area contributed by atoms with Crippen molar-refractivity contribution < 1.29 is 14.3 Å². The Morgan fingerprint density at radius 2 is 2.05 bits per heavy atom. The summed E-state index contributed by atoms with van der Waals surface area (Å²) < 4.78 is 4.64. The summed E-state index contributed by atoms with van der Waals surface area (Å²) in [5, 5.41) is 5.70. The molecular formula is C14H21N3O3. The van der Waals surface area contributed by atoms with E-state index in [1.807, 2.05) is 13.8 Å². The number of hydrogen-bond acceptors (Lipinski definition) is 5. The fourth-order valence-corrected chi connectivity index (χ4v) is 1.56. The zero-order valence-corrected chi connectivity index (χ0v) is 12.0. The fourth-order valence-electron chi connectivity index (χ4n) is 1.56. The number of methoxy groups -OCH3 is 1. The van der Waals surface area contributed by atoms with E-state index in [1.165, 1.54) is 7.11 Å². The summed E-state index contributed by atoms with van der Waals surface area (Å²) in [5.74, 6) is -0.233. The van der Waals surface area contributed by atoms with Crippen molar-refractivity contribution in [1.29, 1.82) is 0 Å². The minimum Gasteiger partial charge on any atom is -0.465 e. The highest BCUT2D eigenvalue weighted by atomic mass is 16.5. The molecule has 0 fully saturated rings. The average Bonchev–Trinajstić information content (AvgIpc) is 2.43. The number of carbonyl (C=O) groups excluding carboxylic acids is 2. The number of nitrogen functional groups attached to an aromatic ring is 1. The molecule has 0 aliphatic heterocycles. The van der Waals surface area contributed by atoms with Crippen molar-refractivity contribution >= 4 is 23.3 Å². The quantitative estimate of drug-likeness (QED) is 0.538. The van der Waals surface area contributed by atoms with Crippen molar-refractivity contribution in [2.45, 2.75) is 13.8 Å². The van der Waals surface area contributed by atoms with Crippen LogP contribution < -0.4 is 16.4 Å². The molecule has 6 nitrogen and oxygen atoms in total. The predicted molar refractivity (Wildman–Crippen MR) is 78.5 cm³/mol. The molecule has 6 heteroatoms. The molecule has 0 saturated carbocycles. The van der Waals surface area contributed by atoms with Crippen LogP contribution >= 0.6 is 0 Å². The zero-order valence-electron chi connectivity index (χ0n) is 12.0. The van der Waals surface area contributed by atoms with Gasteiger partial charge in [-0.25, -0.2) is 4.79 Å². The lowest BCUT2D eigenvalue weighted by Gasteiger charge is -2.12. The van der Waals surface area contributed by atoms with Gasteiger partial charge in [0.05, 0.1) is 30.6 Å². The van der Waals surface area contributed by atoms with Crippen LogP contribution in [-0.2, 0) is 9.53 Å². The Labute approximate surface area is 118 Å². The van der Waals surface area contributed by atoms with E-state index in [4.69, 9.17) is 5.73 Å². The van der Waals surface area contributed by atoms with E-state index in [-0.39, 0.29) is 23.7 Å². The number of carbonyl (C=O) groups is 2. The zero-order chi connectivity index (χ0) is 15.1. The number of nitrogens with one attached hydrogen (secondary N) is 2. The van der Waals surface area contributed by atoms with Crippen molar-refractivity contribution in [1.82, 2.24) is 5.32 Å². The van der Waals surface area contributed by atoms with E-state index in [0.29, 0.717) is 18.2 Å². The van der Waals surface area contributed by atoms with Crippen LogP contribution in [0.4, 0.5) is 11.4 Å². The highest BCUT2D eigenvalue weighted by Gasteiger charge is 2.13. The highest BCUT2D eigenvalue weighted by molar-refractivity contribution is 5.98. The number of nitrogens with two attached hydrogens (primary N) is 1. The molecule has 0 aliphatic carbocycles.